The molecule has 4 heteroatoms. The summed E-state index contributed by atoms with van der Waals surface area (Å²) in [6, 6.07) is 13.2. The van der Waals surface area contributed by atoms with Crippen molar-refractivity contribution < 1.29 is 9.59 Å². The van der Waals surface area contributed by atoms with Crippen LogP contribution in [-0.4, -0.2) is 18.4 Å². The largest absolute Gasteiger partial charge is 0.320 e. The van der Waals surface area contributed by atoms with Gasteiger partial charge in [0.25, 0.3) is 5.91 Å². The van der Waals surface area contributed by atoms with Crippen molar-refractivity contribution in [3.8, 4) is 0 Å². The predicted octanol–water partition coefficient (Wildman–Crippen LogP) is 3.16. The average molecular weight is 294 g/mol. The van der Waals surface area contributed by atoms with Gasteiger partial charge in [-0.25, -0.2) is 0 Å². The first-order valence-electron chi connectivity index (χ1n) is 7.34. The van der Waals surface area contributed by atoms with Gasteiger partial charge in [-0.05, 0) is 37.1 Å². The fourth-order valence-corrected chi connectivity index (χ4v) is 2.77. The zero-order valence-electron chi connectivity index (χ0n) is 12.7. The molecule has 2 aromatic carbocycles. The van der Waals surface area contributed by atoms with Gasteiger partial charge in [0.1, 0.15) is 0 Å². The maximum absolute atomic E-state index is 12.4. The number of benzene rings is 2. The van der Waals surface area contributed by atoms with Crippen LogP contribution in [-0.2, 0) is 11.2 Å². The second kappa shape index (κ2) is 5.64. The van der Waals surface area contributed by atoms with E-state index in [1.807, 2.05) is 37.3 Å². The highest BCUT2D eigenvalue weighted by Gasteiger charge is 2.25. The normalized spacial score (nSPS) is 12.9. The highest BCUT2D eigenvalue weighted by molar-refractivity contribution is 6.08. The second-order valence-corrected chi connectivity index (χ2v) is 5.55. The second-order valence-electron chi connectivity index (χ2n) is 5.55. The van der Waals surface area contributed by atoms with Crippen molar-refractivity contribution in [2.24, 2.45) is 0 Å². The van der Waals surface area contributed by atoms with E-state index >= 15 is 0 Å². The van der Waals surface area contributed by atoms with Crippen LogP contribution >= 0.6 is 0 Å². The molecule has 1 aliphatic rings. The Balaban J connectivity index is 1.90. The third-order valence-electron chi connectivity index (χ3n) is 3.94. The van der Waals surface area contributed by atoms with Gasteiger partial charge in [-0.15, -0.1) is 0 Å². The SMILES string of the molecule is CC(=O)N1CCc2cccc(NC(=O)c3ccc(C)cc3)c21. The Bertz CT molecular complexity index is 735. The maximum atomic E-state index is 12.4. The predicted molar refractivity (Wildman–Crippen MR) is 87.3 cm³/mol. The summed E-state index contributed by atoms with van der Waals surface area (Å²) in [5.74, 6) is -0.167. The van der Waals surface area contributed by atoms with Crippen molar-refractivity contribution in [3.05, 3.63) is 59.2 Å². The van der Waals surface area contributed by atoms with E-state index in [1.54, 1.807) is 24.0 Å². The van der Waals surface area contributed by atoms with Crippen LogP contribution < -0.4 is 10.2 Å². The van der Waals surface area contributed by atoms with E-state index in [9.17, 15) is 9.59 Å². The van der Waals surface area contributed by atoms with Crippen molar-refractivity contribution >= 4 is 23.2 Å². The number of nitrogens with one attached hydrogen (secondary N) is 1. The van der Waals surface area contributed by atoms with E-state index in [-0.39, 0.29) is 11.8 Å². The highest BCUT2D eigenvalue weighted by atomic mass is 16.2. The molecule has 0 saturated heterocycles. The van der Waals surface area contributed by atoms with Gasteiger partial charge < -0.3 is 10.2 Å². The molecule has 0 saturated carbocycles. The summed E-state index contributed by atoms with van der Waals surface area (Å²) in [5, 5.41) is 2.93. The minimum absolute atomic E-state index is 0.00390. The topological polar surface area (TPSA) is 49.4 Å². The summed E-state index contributed by atoms with van der Waals surface area (Å²) in [6.45, 7) is 4.20. The minimum Gasteiger partial charge on any atom is -0.320 e. The molecule has 0 unspecified atom stereocenters. The molecule has 0 bridgehead atoms. The number of para-hydroxylation sites is 1. The average Bonchev–Trinajstić information content (AvgIpc) is 2.93. The number of fused-ring (bicyclic) bond motifs is 1. The third kappa shape index (κ3) is 2.60. The Hall–Kier alpha value is -2.62. The molecular weight excluding hydrogens is 276 g/mol. The smallest absolute Gasteiger partial charge is 0.255 e. The summed E-state index contributed by atoms with van der Waals surface area (Å²) in [4.78, 5) is 25.9. The molecular formula is C18H18N2O2. The molecule has 112 valence electrons. The molecule has 2 amide bonds. The molecule has 0 spiro atoms. The van der Waals surface area contributed by atoms with Gasteiger partial charge in [0.2, 0.25) is 5.91 Å². The van der Waals surface area contributed by atoms with Crippen LogP contribution in [0.25, 0.3) is 0 Å². The van der Waals surface area contributed by atoms with Gasteiger partial charge in [-0.1, -0.05) is 29.8 Å². The fraction of sp³-hybridized carbons (Fsp3) is 0.222. The van der Waals surface area contributed by atoms with Crippen LogP contribution in [0.2, 0.25) is 0 Å². The zero-order valence-corrected chi connectivity index (χ0v) is 12.7. The molecule has 0 fully saturated rings. The van der Waals surface area contributed by atoms with Crippen LogP contribution in [0.3, 0.4) is 0 Å². The Morgan fingerprint density at radius 1 is 1.09 bits per heavy atom. The molecule has 22 heavy (non-hydrogen) atoms. The number of aryl methyl sites for hydroxylation is 1. The third-order valence-corrected chi connectivity index (χ3v) is 3.94. The first-order valence-corrected chi connectivity index (χ1v) is 7.34. The number of rotatable bonds is 2. The summed E-state index contributed by atoms with van der Waals surface area (Å²) < 4.78 is 0. The molecule has 0 atom stereocenters. The zero-order chi connectivity index (χ0) is 15.7. The highest BCUT2D eigenvalue weighted by Crippen LogP contribution is 2.35. The lowest BCUT2D eigenvalue weighted by atomic mass is 10.1. The first-order chi connectivity index (χ1) is 10.6. The van der Waals surface area contributed by atoms with Crippen LogP contribution in [0.1, 0.15) is 28.4 Å². The lowest BCUT2D eigenvalue weighted by Crippen LogP contribution is -2.27. The molecule has 0 radical (unpaired) electrons. The molecule has 3 rings (SSSR count). The summed E-state index contributed by atoms with van der Waals surface area (Å²) >= 11 is 0. The van der Waals surface area contributed by atoms with Crippen LogP contribution in [0, 0.1) is 6.92 Å². The molecule has 2 aromatic rings. The van der Waals surface area contributed by atoms with E-state index in [0.717, 1.165) is 23.2 Å². The first kappa shape index (κ1) is 14.3. The number of carbonyl (C=O) groups excluding carboxylic acids is 2. The maximum Gasteiger partial charge on any atom is 0.255 e. The Morgan fingerprint density at radius 2 is 1.82 bits per heavy atom. The minimum atomic E-state index is -0.163. The van der Waals surface area contributed by atoms with Crippen LogP contribution in [0.5, 0.6) is 0 Å². The van der Waals surface area contributed by atoms with Crippen molar-refractivity contribution in [3.63, 3.8) is 0 Å². The van der Waals surface area contributed by atoms with E-state index in [4.69, 9.17) is 0 Å². The Morgan fingerprint density at radius 3 is 2.50 bits per heavy atom. The summed E-state index contributed by atoms with van der Waals surface area (Å²) in [5.41, 5.74) is 4.33. The number of nitrogens with zero attached hydrogens (tertiary/aromatic N) is 1. The van der Waals surface area contributed by atoms with Gasteiger partial charge in [-0.3, -0.25) is 9.59 Å². The van der Waals surface area contributed by atoms with Crippen LogP contribution in [0.15, 0.2) is 42.5 Å². The molecule has 4 nitrogen and oxygen atoms in total. The molecule has 0 aromatic heterocycles. The summed E-state index contributed by atoms with van der Waals surface area (Å²) in [6.07, 6.45) is 0.823. The number of hydrogen-bond donors (Lipinski definition) is 1. The number of hydrogen-bond acceptors (Lipinski definition) is 2. The lowest BCUT2D eigenvalue weighted by Gasteiger charge is -2.19. The quantitative estimate of drug-likeness (QED) is 0.925. The number of anilines is 2. The van der Waals surface area contributed by atoms with Crippen molar-refractivity contribution in [1.29, 1.82) is 0 Å². The Kier molecular flexibility index (Phi) is 3.67. The molecule has 1 heterocycles. The standard InChI is InChI=1S/C18H18N2O2/c1-12-6-8-15(9-7-12)18(22)19-16-5-3-4-14-10-11-20(13(2)21)17(14)16/h3-9H,10-11H2,1-2H3,(H,19,22). The lowest BCUT2D eigenvalue weighted by molar-refractivity contribution is -0.116. The van der Waals surface area contributed by atoms with Gasteiger partial charge in [0.15, 0.2) is 0 Å². The molecule has 0 aliphatic carbocycles. The molecule has 1 aliphatic heterocycles. The molecule has 1 N–H and O–H groups in total. The van der Waals surface area contributed by atoms with Gasteiger partial charge in [0.05, 0.1) is 11.4 Å². The van der Waals surface area contributed by atoms with Crippen molar-refractivity contribution in [1.82, 2.24) is 0 Å². The van der Waals surface area contributed by atoms with E-state index in [0.29, 0.717) is 17.8 Å². The Labute approximate surface area is 129 Å². The van der Waals surface area contributed by atoms with E-state index in [1.165, 1.54) is 0 Å². The fourth-order valence-electron chi connectivity index (χ4n) is 2.77. The number of amides is 2. The van der Waals surface area contributed by atoms with Crippen LogP contribution in [0.4, 0.5) is 11.4 Å². The van der Waals surface area contributed by atoms with E-state index in [2.05, 4.69) is 5.32 Å². The van der Waals surface area contributed by atoms with Crippen molar-refractivity contribution in [2.75, 3.05) is 16.8 Å². The van der Waals surface area contributed by atoms with Crippen molar-refractivity contribution in [2.45, 2.75) is 20.3 Å². The summed E-state index contributed by atoms with van der Waals surface area (Å²) in [7, 11) is 0. The van der Waals surface area contributed by atoms with Gasteiger partial charge in [-0.2, -0.15) is 0 Å². The van der Waals surface area contributed by atoms with Gasteiger partial charge in [0, 0.05) is 19.0 Å². The number of carbonyl (C=O) groups is 2. The monoisotopic (exact) mass is 294 g/mol. The van der Waals surface area contributed by atoms with E-state index < -0.39 is 0 Å². The van der Waals surface area contributed by atoms with Gasteiger partial charge >= 0.3 is 0 Å².